The Bertz CT molecular complexity index is 639. The third-order valence-corrected chi connectivity index (χ3v) is 4.27. The molecule has 0 bridgehead atoms. The van der Waals surface area contributed by atoms with E-state index in [-0.39, 0.29) is 6.04 Å². The van der Waals surface area contributed by atoms with Gasteiger partial charge in [0.2, 0.25) is 0 Å². The van der Waals surface area contributed by atoms with E-state index in [2.05, 4.69) is 19.1 Å². The number of para-hydroxylation sites is 1. The molecule has 1 aliphatic heterocycles. The van der Waals surface area contributed by atoms with Gasteiger partial charge in [-0.15, -0.1) is 0 Å². The molecule has 3 rings (SSSR count). The second-order valence-electron chi connectivity index (χ2n) is 5.53. The Balaban J connectivity index is 1.94. The van der Waals surface area contributed by atoms with Crippen LogP contribution in [-0.4, -0.2) is 13.7 Å². The maximum absolute atomic E-state index is 6.58. The van der Waals surface area contributed by atoms with Gasteiger partial charge >= 0.3 is 0 Å². The van der Waals surface area contributed by atoms with Gasteiger partial charge in [-0.2, -0.15) is 0 Å². The molecule has 0 spiro atoms. The van der Waals surface area contributed by atoms with E-state index in [0.717, 1.165) is 24.5 Å². The van der Waals surface area contributed by atoms with E-state index in [4.69, 9.17) is 15.2 Å². The number of aryl methyl sites for hydroxylation is 1. The SMILES string of the molecule is COc1ccc(C(N)C2CCOc3ccccc32)c(C)c1. The molecule has 0 amide bonds. The summed E-state index contributed by atoms with van der Waals surface area (Å²) in [6, 6.07) is 14.3. The molecule has 2 aromatic carbocycles. The summed E-state index contributed by atoms with van der Waals surface area (Å²) in [4.78, 5) is 0. The predicted octanol–water partition coefficient (Wildman–Crippen LogP) is 3.57. The highest BCUT2D eigenvalue weighted by molar-refractivity contribution is 5.43. The van der Waals surface area contributed by atoms with Crippen molar-refractivity contribution in [3.05, 3.63) is 59.2 Å². The summed E-state index contributed by atoms with van der Waals surface area (Å²) in [6.07, 6.45) is 0.948. The molecule has 0 aromatic heterocycles. The lowest BCUT2D eigenvalue weighted by molar-refractivity contribution is 0.255. The zero-order valence-electron chi connectivity index (χ0n) is 12.5. The number of methoxy groups -OCH3 is 1. The van der Waals surface area contributed by atoms with Crippen LogP contribution in [0.4, 0.5) is 0 Å². The van der Waals surface area contributed by atoms with Crippen LogP contribution in [0.1, 0.15) is 35.1 Å². The minimum Gasteiger partial charge on any atom is -0.497 e. The smallest absolute Gasteiger partial charge is 0.122 e. The third kappa shape index (κ3) is 2.61. The number of benzene rings is 2. The lowest BCUT2D eigenvalue weighted by Gasteiger charge is -2.31. The van der Waals surface area contributed by atoms with Crippen LogP contribution in [0, 0.1) is 6.92 Å². The molecule has 2 unspecified atom stereocenters. The maximum Gasteiger partial charge on any atom is 0.122 e. The molecule has 0 saturated heterocycles. The Morgan fingerprint density at radius 3 is 2.81 bits per heavy atom. The first-order valence-electron chi connectivity index (χ1n) is 7.32. The fourth-order valence-corrected chi connectivity index (χ4v) is 3.11. The van der Waals surface area contributed by atoms with Crippen molar-refractivity contribution >= 4 is 0 Å². The molecule has 1 heterocycles. The minimum absolute atomic E-state index is 0.0269. The first kappa shape index (κ1) is 14.0. The topological polar surface area (TPSA) is 44.5 Å². The van der Waals surface area contributed by atoms with Crippen LogP contribution < -0.4 is 15.2 Å². The Morgan fingerprint density at radius 2 is 2.05 bits per heavy atom. The summed E-state index contributed by atoms with van der Waals surface area (Å²) in [6.45, 7) is 2.81. The van der Waals surface area contributed by atoms with Crippen LogP contribution in [-0.2, 0) is 0 Å². The molecule has 0 saturated carbocycles. The standard InChI is InChI=1S/C18H21NO2/c1-12-11-13(20-2)7-8-14(12)18(19)16-9-10-21-17-6-4-3-5-15(16)17/h3-8,11,16,18H,9-10,19H2,1-2H3. The van der Waals surface area contributed by atoms with E-state index in [1.54, 1.807) is 7.11 Å². The van der Waals surface area contributed by atoms with Gasteiger partial charge in [-0.05, 0) is 48.2 Å². The maximum atomic E-state index is 6.58. The van der Waals surface area contributed by atoms with Crippen molar-refractivity contribution in [1.29, 1.82) is 0 Å². The van der Waals surface area contributed by atoms with Gasteiger partial charge in [0.1, 0.15) is 11.5 Å². The summed E-state index contributed by atoms with van der Waals surface area (Å²) in [7, 11) is 1.68. The first-order valence-corrected chi connectivity index (χ1v) is 7.32. The first-order chi connectivity index (χ1) is 10.2. The van der Waals surface area contributed by atoms with Gasteiger partial charge in [-0.25, -0.2) is 0 Å². The molecule has 3 nitrogen and oxygen atoms in total. The van der Waals surface area contributed by atoms with Crippen molar-refractivity contribution in [3.63, 3.8) is 0 Å². The minimum atomic E-state index is -0.0269. The highest BCUT2D eigenvalue weighted by Gasteiger charge is 2.28. The molecule has 2 N–H and O–H groups in total. The van der Waals surface area contributed by atoms with Crippen LogP contribution in [0.3, 0.4) is 0 Å². The molecule has 21 heavy (non-hydrogen) atoms. The fourth-order valence-electron chi connectivity index (χ4n) is 3.11. The van der Waals surface area contributed by atoms with Gasteiger partial charge in [-0.3, -0.25) is 0 Å². The van der Waals surface area contributed by atoms with Crippen LogP contribution >= 0.6 is 0 Å². The number of ether oxygens (including phenoxy) is 2. The molecule has 3 heteroatoms. The molecular formula is C18H21NO2. The summed E-state index contributed by atoms with van der Waals surface area (Å²) in [5.74, 6) is 2.13. The van der Waals surface area contributed by atoms with Gasteiger partial charge < -0.3 is 15.2 Å². The van der Waals surface area contributed by atoms with E-state index in [9.17, 15) is 0 Å². The van der Waals surface area contributed by atoms with Crippen molar-refractivity contribution in [2.75, 3.05) is 13.7 Å². The molecule has 110 valence electrons. The Morgan fingerprint density at radius 1 is 1.24 bits per heavy atom. The highest BCUT2D eigenvalue weighted by atomic mass is 16.5. The van der Waals surface area contributed by atoms with E-state index < -0.39 is 0 Å². The van der Waals surface area contributed by atoms with E-state index >= 15 is 0 Å². The van der Waals surface area contributed by atoms with E-state index in [1.807, 2.05) is 30.3 Å². The van der Waals surface area contributed by atoms with Crippen molar-refractivity contribution in [3.8, 4) is 11.5 Å². The van der Waals surface area contributed by atoms with Gasteiger partial charge in [0.15, 0.2) is 0 Å². The number of nitrogens with two attached hydrogens (primary N) is 1. The van der Waals surface area contributed by atoms with Crippen molar-refractivity contribution in [2.24, 2.45) is 5.73 Å². The molecule has 0 fully saturated rings. The van der Waals surface area contributed by atoms with Crippen molar-refractivity contribution < 1.29 is 9.47 Å². The third-order valence-electron chi connectivity index (χ3n) is 4.27. The number of hydrogen-bond acceptors (Lipinski definition) is 3. The van der Waals surface area contributed by atoms with Crippen molar-refractivity contribution in [2.45, 2.75) is 25.3 Å². The predicted molar refractivity (Wildman–Crippen MR) is 84.0 cm³/mol. The lowest BCUT2D eigenvalue weighted by atomic mass is 9.82. The number of rotatable bonds is 3. The van der Waals surface area contributed by atoms with E-state index in [0.29, 0.717) is 5.92 Å². The quantitative estimate of drug-likeness (QED) is 0.936. The average molecular weight is 283 g/mol. The number of fused-ring (bicyclic) bond motifs is 1. The summed E-state index contributed by atoms with van der Waals surface area (Å²) in [5, 5.41) is 0. The second-order valence-corrected chi connectivity index (χ2v) is 5.53. The van der Waals surface area contributed by atoms with Gasteiger partial charge in [0, 0.05) is 12.0 Å². The van der Waals surface area contributed by atoms with Gasteiger partial charge in [0.05, 0.1) is 13.7 Å². The van der Waals surface area contributed by atoms with Gasteiger partial charge in [-0.1, -0.05) is 24.3 Å². The fraction of sp³-hybridized carbons (Fsp3) is 0.333. The highest BCUT2D eigenvalue weighted by Crippen LogP contribution is 2.41. The van der Waals surface area contributed by atoms with Gasteiger partial charge in [0.25, 0.3) is 0 Å². The van der Waals surface area contributed by atoms with Crippen molar-refractivity contribution in [1.82, 2.24) is 0 Å². The molecule has 2 aromatic rings. The van der Waals surface area contributed by atoms with Crippen LogP contribution in [0.5, 0.6) is 11.5 Å². The summed E-state index contributed by atoms with van der Waals surface area (Å²) in [5.41, 5.74) is 10.1. The molecular weight excluding hydrogens is 262 g/mol. The van der Waals surface area contributed by atoms with Crippen LogP contribution in [0.2, 0.25) is 0 Å². The number of hydrogen-bond donors (Lipinski definition) is 1. The Hall–Kier alpha value is -2.00. The summed E-state index contributed by atoms with van der Waals surface area (Å²) >= 11 is 0. The molecule has 0 radical (unpaired) electrons. The monoisotopic (exact) mass is 283 g/mol. The zero-order chi connectivity index (χ0) is 14.8. The zero-order valence-corrected chi connectivity index (χ0v) is 12.5. The second kappa shape index (κ2) is 5.78. The molecule has 0 aliphatic carbocycles. The Labute approximate surface area is 125 Å². The average Bonchev–Trinajstić information content (AvgIpc) is 2.53. The van der Waals surface area contributed by atoms with Crippen LogP contribution in [0.25, 0.3) is 0 Å². The normalized spacial score (nSPS) is 18.5. The molecule has 2 atom stereocenters. The Kier molecular flexibility index (Phi) is 3.84. The molecule has 1 aliphatic rings. The summed E-state index contributed by atoms with van der Waals surface area (Å²) < 4.78 is 11.0. The van der Waals surface area contributed by atoms with Crippen LogP contribution in [0.15, 0.2) is 42.5 Å². The largest absolute Gasteiger partial charge is 0.497 e. The van der Waals surface area contributed by atoms with E-state index in [1.165, 1.54) is 16.7 Å². The lowest BCUT2D eigenvalue weighted by Crippen LogP contribution is -2.26.